The first-order valence-corrected chi connectivity index (χ1v) is 6.46. The number of carbonyl (C=O) groups is 2. The Morgan fingerprint density at radius 1 is 1.21 bits per heavy atom. The fraction of sp³-hybridized carbons (Fsp3) is 0.846. The summed E-state index contributed by atoms with van der Waals surface area (Å²) in [6.07, 6.45) is -0.879. The Morgan fingerprint density at radius 3 is 2.37 bits per heavy atom. The molecule has 0 spiro atoms. The van der Waals surface area contributed by atoms with Crippen molar-refractivity contribution in [3.8, 4) is 0 Å². The number of halogens is 1. The van der Waals surface area contributed by atoms with Gasteiger partial charge in [-0.05, 0) is 40.0 Å². The predicted octanol–water partition coefficient (Wildman–Crippen LogP) is 2.29. The molecule has 1 saturated heterocycles. The van der Waals surface area contributed by atoms with Gasteiger partial charge in [-0.15, -0.1) is 0 Å². The molecule has 19 heavy (non-hydrogen) atoms. The smallest absolute Gasteiger partial charge is 0.411 e. The van der Waals surface area contributed by atoms with Crippen LogP contribution < -0.4 is 0 Å². The number of hydrogen-bond donors (Lipinski definition) is 0. The van der Waals surface area contributed by atoms with Crippen LogP contribution in [0.4, 0.5) is 9.18 Å². The lowest BCUT2D eigenvalue weighted by atomic mass is 10.1. The number of ether oxygens (including phenoxy) is 2. The van der Waals surface area contributed by atoms with E-state index in [-0.39, 0.29) is 25.8 Å². The van der Waals surface area contributed by atoms with Gasteiger partial charge in [0.1, 0.15) is 17.8 Å². The van der Waals surface area contributed by atoms with Crippen molar-refractivity contribution in [2.24, 2.45) is 0 Å². The van der Waals surface area contributed by atoms with Crippen LogP contribution >= 0.6 is 0 Å². The molecule has 1 fully saturated rings. The van der Waals surface area contributed by atoms with Gasteiger partial charge in [0.15, 0.2) is 0 Å². The molecule has 0 N–H and O–H groups in total. The Morgan fingerprint density at radius 2 is 1.84 bits per heavy atom. The van der Waals surface area contributed by atoms with Crippen LogP contribution in [-0.4, -0.2) is 48.4 Å². The third-order valence-electron chi connectivity index (χ3n) is 2.91. The maximum absolute atomic E-state index is 13.4. The van der Waals surface area contributed by atoms with Crippen LogP contribution in [0.1, 0.15) is 40.0 Å². The van der Waals surface area contributed by atoms with Crippen LogP contribution in [0, 0.1) is 0 Å². The van der Waals surface area contributed by atoms with Crippen LogP contribution in [0.15, 0.2) is 0 Å². The zero-order valence-electron chi connectivity index (χ0n) is 11.9. The molecule has 5 nitrogen and oxygen atoms in total. The zero-order chi connectivity index (χ0) is 14.6. The van der Waals surface area contributed by atoms with Crippen LogP contribution in [0.3, 0.4) is 0 Å². The van der Waals surface area contributed by atoms with Gasteiger partial charge in [0, 0.05) is 6.54 Å². The molecule has 0 aromatic heterocycles. The van der Waals surface area contributed by atoms with Crippen molar-refractivity contribution < 1.29 is 23.5 Å². The van der Waals surface area contributed by atoms with Gasteiger partial charge in [-0.3, -0.25) is 4.90 Å². The fourth-order valence-corrected chi connectivity index (χ4v) is 1.99. The van der Waals surface area contributed by atoms with E-state index in [1.165, 1.54) is 12.0 Å². The number of nitrogens with zero attached hydrogens (tertiary/aromatic N) is 1. The maximum Gasteiger partial charge on any atom is 0.411 e. The van der Waals surface area contributed by atoms with Crippen molar-refractivity contribution in [3.05, 3.63) is 0 Å². The van der Waals surface area contributed by atoms with E-state index in [2.05, 4.69) is 4.74 Å². The molecule has 0 bridgehead atoms. The minimum Gasteiger partial charge on any atom is -0.467 e. The molecule has 6 heteroatoms. The second-order valence-electron chi connectivity index (χ2n) is 5.68. The van der Waals surface area contributed by atoms with E-state index >= 15 is 0 Å². The van der Waals surface area contributed by atoms with E-state index in [1.807, 2.05) is 0 Å². The normalized spacial score (nSPS) is 24.6. The summed E-state index contributed by atoms with van der Waals surface area (Å²) in [6, 6.07) is -0.763. The predicted molar refractivity (Wildman–Crippen MR) is 67.5 cm³/mol. The molecule has 1 unspecified atom stereocenters. The maximum atomic E-state index is 13.4. The topological polar surface area (TPSA) is 55.8 Å². The van der Waals surface area contributed by atoms with Crippen molar-refractivity contribution in [1.82, 2.24) is 4.90 Å². The molecule has 1 heterocycles. The van der Waals surface area contributed by atoms with Crippen molar-refractivity contribution in [1.29, 1.82) is 0 Å². The Labute approximate surface area is 113 Å². The lowest BCUT2D eigenvalue weighted by Crippen LogP contribution is -2.47. The number of rotatable bonds is 1. The molecular weight excluding hydrogens is 253 g/mol. The Kier molecular flexibility index (Phi) is 5.14. The number of alkyl halides is 1. The Balaban J connectivity index is 2.84. The van der Waals surface area contributed by atoms with Crippen LogP contribution in [0.5, 0.6) is 0 Å². The first-order valence-electron chi connectivity index (χ1n) is 6.46. The molecule has 0 saturated carbocycles. The van der Waals surface area contributed by atoms with Gasteiger partial charge < -0.3 is 9.47 Å². The van der Waals surface area contributed by atoms with Gasteiger partial charge in [-0.2, -0.15) is 0 Å². The standard InChI is InChI=1S/C13H22FNO4/c1-13(2,3)19-12(17)15-8-7-9(14)5-6-10(15)11(16)18-4/h9-10H,5-8H2,1-4H3/t9?,10-/m0/s1. The van der Waals surface area contributed by atoms with E-state index in [4.69, 9.17) is 4.74 Å². The molecule has 0 radical (unpaired) electrons. The average molecular weight is 275 g/mol. The monoisotopic (exact) mass is 275 g/mol. The van der Waals surface area contributed by atoms with Gasteiger partial charge in [-0.25, -0.2) is 14.0 Å². The second-order valence-corrected chi connectivity index (χ2v) is 5.68. The Bertz CT molecular complexity index is 340. The minimum absolute atomic E-state index is 0.163. The van der Waals surface area contributed by atoms with Gasteiger partial charge in [0.2, 0.25) is 0 Å². The SMILES string of the molecule is COC(=O)[C@@H]1CCC(F)CCN1C(=O)OC(C)(C)C. The number of esters is 1. The number of amides is 1. The van der Waals surface area contributed by atoms with E-state index in [1.54, 1.807) is 20.8 Å². The highest BCUT2D eigenvalue weighted by atomic mass is 19.1. The van der Waals surface area contributed by atoms with Gasteiger partial charge >= 0.3 is 12.1 Å². The number of hydrogen-bond acceptors (Lipinski definition) is 4. The minimum atomic E-state index is -1.00. The summed E-state index contributed by atoms with van der Waals surface area (Å²) in [4.78, 5) is 25.1. The van der Waals surface area contributed by atoms with Crippen molar-refractivity contribution in [3.63, 3.8) is 0 Å². The quantitative estimate of drug-likeness (QED) is 0.689. The second kappa shape index (κ2) is 6.21. The van der Waals surface area contributed by atoms with E-state index in [0.717, 1.165) is 0 Å². The molecule has 0 aliphatic carbocycles. The molecule has 0 aromatic rings. The van der Waals surface area contributed by atoms with E-state index < -0.39 is 29.9 Å². The van der Waals surface area contributed by atoms with Crippen molar-refractivity contribution in [2.45, 2.75) is 57.8 Å². The molecular formula is C13H22FNO4. The van der Waals surface area contributed by atoms with Crippen molar-refractivity contribution >= 4 is 12.1 Å². The molecule has 1 aliphatic rings. The zero-order valence-corrected chi connectivity index (χ0v) is 11.9. The number of carbonyl (C=O) groups excluding carboxylic acids is 2. The fourth-order valence-electron chi connectivity index (χ4n) is 1.99. The van der Waals surface area contributed by atoms with Crippen LogP contribution in [0.25, 0.3) is 0 Å². The highest BCUT2D eigenvalue weighted by Crippen LogP contribution is 2.22. The van der Waals surface area contributed by atoms with E-state index in [9.17, 15) is 14.0 Å². The third-order valence-corrected chi connectivity index (χ3v) is 2.91. The summed E-state index contributed by atoms with van der Waals surface area (Å²) in [5.41, 5.74) is -0.654. The first-order chi connectivity index (χ1) is 8.74. The highest BCUT2D eigenvalue weighted by molar-refractivity contribution is 5.81. The van der Waals surface area contributed by atoms with Gasteiger partial charge in [0.05, 0.1) is 7.11 Å². The molecule has 2 atom stereocenters. The summed E-state index contributed by atoms with van der Waals surface area (Å²) < 4.78 is 23.4. The molecule has 0 aromatic carbocycles. The largest absolute Gasteiger partial charge is 0.467 e. The Hall–Kier alpha value is -1.33. The van der Waals surface area contributed by atoms with Crippen molar-refractivity contribution in [2.75, 3.05) is 13.7 Å². The van der Waals surface area contributed by atoms with E-state index in [0.29, 0.717) is 0 Å². The highest BCUT2D eigenvalue weighted by Gasteiger charge is 2.36. The summed E-state index contributed by atoms with van der Waals surface area (Å²) >= 11 is 0. The molecule has 1 amide bonds. The van der Waals surface area contributed by atoms with Gasteiger partial charge in [-0.1, -0.05) is 0 Å². The summed E-state index contributed by atoms with van der Waals surface area (Å²) in [5, 5.41) is 0. The van der Waals surface area contributed by atoms with Crippen LogP contribution in [-0.2, 0) is 14.3 Å². The summed E-state index contributed by atoms with van der Waals surface area (Å²) in [5.74, 6) is -0.528. The summed E-state index contributed by atoms with van der Waals surface area (Å²) in [7, 11) is 1.26. The average Bonchev–Trinajstić information content (AvgIpc) is 2.48. The van der Waals surface area contributed by atoms with Crippen LogP contribution in [0.2, 0.25) is 0 Å². The summed E-state index contributed by atoms with van der Waals surface area (Å²) in [6.45, 7) is 5.39. The third kappa shape index (κ3) is 4.69. The molecule has 110 valence electrons. The number of methoxy groups -OCH3 is 1. The number of likely N-dealkylation sites (tertiary alicyclic amines) is 1. The first kappa shape index (κ1) is 15.7. The molecule has 1 aliphatic heterocycles. The molecule has 1 rings (SSSR count). The lowest BCUT2D eigenvalue weighted by Gasteiger charge is -2.30. The van der Waals surface area contributed by atoms with Gasteiger partial charge in [0.25, 0.3) is 0 Å². The lowest BCUT2D eigenvalue weighted by molar-refractivity contribution is -0.146.